The van der Waals surface area contributed by atoms with Crippen molar-refractivity contribution in [2.45, 2.75) is 24.9 Å². The van der Waals surface area contributed by atoms with Gasteiger partial charge in [0.05, 0.1) is 12.1 Å². The molecule has 4 heteroatoms. The fourth-order valence-electron chi connectivity index (χ4n) is 3.81. The number of esters is 1. The second kappa shape index (κ2) is 6.57. The summed E-state index contributed by atoms with van der Waals surface area (Å²) in [5.41, 5.74) is 2.51. The van der Waals surface area contributed by atoms with Gasteiger partial charge in [0.15, 0.2) is 0 Å². The number of rotatable bonds is 3. The van der Waals surface area contributed by atoms with Crippen molar-refractivity contribution in [2.24, 2.45) is 0 Å². The summed E-state index contributed by atoms with van der Waals surface area (Å²) in [5, 5.41) is 0.732. The lowest BCUT2D eigenvalue weighted by atomic mass is 9.94. The zero-order chi connectivity index (χ0) is 17.3. The van der Waals surface area contributed by atoms with E-state index < -0.39 is 5.60 Å². The maximum Gasteiger partial charge on any atom is 0.338 e. The van der Waals surface area contributed by atoms with Crippen LogP contribution in [0, 0.1) is 0 Å². The van der Waals surface area contributed by atoms with E-state index in [1.165, 1.54) is 5.70 Å². The topological polar surface area (TPSA) is 29.5 Å². The number of hydrogen-bond acceptors (Lipinski definition) is 3. The van der Waals surface area contributed by atoms with Gasteiger partial charge in [-0.05, 0) is 48.7 Å². The number of halogens is 1. The molecule has 4 rings (SSSR count). The number of hydrogen-bond donors (Lipinski definition) is 0. The van der Waals surface area contributed by atoms with E-state index >= 15 is 0 Å². The molecule has 0 radical (unpaired) electrons. The number of carbonyl (C=O) groups is 1. The van der Waals surface area contributed by atoms with Crippen LogP contribution >= 0.6 is 11.6 Å². The summed E-state index contributed by atoms with van der Waals surface area (Å²) < 4.78 is 6.00. The van der Waals surface area contributed by atoms with Crippen molar-refractivity contribution < 1.29 is 9.53 Å². The molecule has 1 unspecified atom stereocenters. The Labute approximate surface area is 152 Å². The van der Waals surface area contributed by atoms with E-state index in [9.17, 15) is 4.79 Å². The zero-order valence-electron chi connectivity index (χ0n) is 14.0. The second-order valence-corrected chi connectivity index (χ2v) is 7.27. The SMILES string of the molecule is O=C(OC12CCCN(C1)/C(=C/c1cccc(Cl)c1)C2)c1ccccc1. The van der Waals surface area contributed by atoms with Crippen LogP contribution in [-0.2, 0) is 4.74 Å². The lowest BCUT2D eigenvalue weighted by molar-refractivity contribution is -0.0270. The van der Waals surface area contributed by atoms with Crippen molar-refractivity contribution in [3.8, 4) is 0 Å². The number of nitrogens with zero attached hydrogens (tertiary/aromatic N) is 1. The van der Waals surface area contributed by atoms with Gasteiger partial charge in [-0.1, -0.05) is 41.9 Å². The van der Waals surface area contributed by atoms with E-state index in [1.807, 2.05) is 42.5 Å². The molecule has 2 heterocycles. The number of ether oxygens (including phenoxy) is 1. The van der Waals surface area contributed by atoms with Gasteiger partial charge in [-0.25, -0.2) is 4.79 Å². The fourth-order valence-corrected chi connectivity index (χ4v) is 4.01. The molecule has 2 aliphatic rings. The molecule has 0 N–H and O–H groups in total. The van der Waals surface area contributed by atoms with Crippen molar-refractivity contribution in [1.82, 2.24) is 4.90 Å². The molecule has 2 aliphatic heterocycles. The minimum atomic E-state index is -0.407. The second-order valence-electron chi connectivity index (χ2n) is 6.83. The van der Waals surface area contributed by atoms with Crippen LogP contribution in [0.25, 0.3) is 6.08 Å². The summed E-state index contributed by atoms with van der Waals surface area (Å²) in [6.45, 7) is 1.79. The molecule has 2 saturated heterocycles. The van der Waals surface area contributed by atoms with Crippen molar-refractivity contribution in [2.75, 3.05) is 13.1 Å². The van der Waals surface area contributed by atoms with Crippen molar-refractivity contribution in [1.29, 1.82) is 0 Å². The minimum Gasteiger partial charge on any atom is -0.453 e. The molecule has 0 saturated carbocycles. The lowest BCUT2D eigenvalue weighted by Crippen LogP contribution is -2.42. The van der Waals surface area contributed by atoms with Crippen molar-refractivity contribution in [3.63, 3.8) is 0 Å². The first kappa shape index (κ1) is 16.2. The van der Waals surface area contributed by atoms with Crippen LogP contribution in [0.1, 0.15) is 35.2 Å². The molecule has 2 bridgehead atoms. The Morgan fingerprint density at radius 3 is 2.80 bits per heavy atom. The van der Waals surface area contributed by atoms with Gasteiger partial charge in [0.2, 0.25) is 0 Å². The Bertz CT molecular complexity index is 818. The van der Waals surface area contributed by atoms with E-state index in [0.29, 0.717) is 5.56 Å². The molecule has 25 heavy (non-hydrogen) atoms. The summed E-state index contributed by atoms with van der Waals surface area (Å²) in [4.78, 5) is 14.9. The predicted octanol–water partition coefficient (Wildman–Crippen LogP) is 4.78. The van der Waals surface area contributed by atoms with Gasteiger partial charge in [0.1, 0.15) is 5.60 Å². The minimum absolute atomic E-state index is 0.230. The highest BCUT2D eigenvalue weighted by molar-refractivity contribution is 6.30. The van der Waals surface area contributed by atoms with E-state index in [0.717, 1.165) is 42.9 Å². The molecule has 2 aromatic carbocycles. The molecular weight excluding hydrogens is 334 g/mol. The maximum atomic E-state index is 12.5. The van der Waals surface area contributed by atoms with E-state index in [2.05, 4.69) is 11.0 Å². The summed E-state index contributed by atoms with van der Waals surface area (Å²) in [5.74, 6) is -0.230. The third kappa shape index (κ3) is 3.42. The van der Waals surface area contributed by atoms with Crippen LogP contribution < -0.4 is 0 Å². The largest absolute Gasteiger partial charge is 0.453 e. The molecule has 128 valence electrons. The predicted molar refractivity (Wildman–Crippen MR) is 99.4 cm³/mol. The molecule has 0 spiro atoms. The first-order chi connectivity index (χ1) is 12.1. The van der Waals surface area contributed by atoms with Gasteiger partial charge >= 0.3 is 5.97 Å². The van der Waals surface area contributed by atoms with Crippen LogP contribution in [0.15, 0.2) is 60.3 Å². The van der Waals surface area contributed by atoms with Gasteiger partial charge in [-0.15, -0.1) is 0 Å². The molecule has 0 amide bonds. The van der Waals surface area contributed by atoms with Gasteiger partial charge < -0.3 is 9.64 Å². The number of piperidine rings is 1. The molecule has 2 aromatic rings. The number of carbonyl (C=O) groups excluding carboxylic acids is 1. The Morgan fingerprint density at radius 2 is 2.00 bits per heavy atom. The number of fused-ring (bicyclic) bond motifs is 2. The van der Waals surface area contributed by atoms with Crippen LogP contribution in [0.4, 0.5) is 0 Å². The molecule has 1 atom stereocenters. The van der Waals surface area contributed by atoms with Crippen LogP contribution in [0.3, 0.4) is 0 Å². The van der Waals surface area contributed by atoms with Gasteiger partial charge in [-0.3, -0.25) is 0 Å². The highest BCUT2D eigenvalue weighted by Crippen LogP contribution is 2.41. The van der Waals surface area contributed by atoms with E-state index in [4.69, 9.17) is 16.3 Å². The van der Waals surface area contributed by atoms with Gasteiger partial charge in [-0.2, -0.15) is 0 Å². The number of benzene rings is 2. The smallest absolute Gasteiger partial charge is 0.338 e. The summed E-state index contributed by atoms with van der Waals surface area (Å²) in [6, 6.07) is 17.1. The van der Waals surface area contributed by atoms with Gasteiger partial charge in [0.25, 0.3) is 0 Å². The Hall–Kier alpha value is -2.26. The molecule has 0 aromatic heterocycles. The highest BCUT2D eigenvalue weighted by Gasteiger charge is 2.46. The molecular formula is C21H20ClNO2. The fraction of sp³-hybridized carbons (Fsp3) is 0.286. The summed E-state index contributed by atoms with van der Waals surface area (Å²) >= 11 is 6.09. The average Bonchev–Trinajstić information content (AvgIpc) is 2.85. The standard InChI is InChI=1S/C21H20ClNO2/c22-18-9-4-6-16(12-18)13-19-14-21(10-5-11-23(19)15-21)25-20(24)17-7-2-1-3-8-17/h1-4,6-9,12-13H,5,10-11,14-15H2/b19-13+. The quantitative estimate of drug-likeness (QED) is 0.744. The molecule has 0 aliphatic carbocycles. The first-order valence-electron chi connectivity index (χ1n) is 8.63. The zero-order valence-corrected chi connectivity index (χ0v) is 14.7. The Balaban J connectivity index is 1.56. The molecule has 2 fully saturated rings. The third-order valence-corrected chi connectivity index (χ3v) is 5.18. The van der Waals surface area contributed by atoms with Crippen LogP contribution in [0.2, 0.25) is 5.02 Å². The third-order valence-electron chi connectivity index (χ3n) is 4.95. The first-order valence-corrected chi connectivity index (χ1v) is 9.01. The van der Waals surface area contributed by atoms with Crippen LogP contribution in [-0.4, -0.2) is 29.6 Å². The van der Waals surface area contributed by atoms with Crippen molar-refractivity contribution >= 4 is 23.6 Å². The monoisotopic (exact) mass is 353 g/mol. The van der Waals surface area contributed by atoms with Crippen LogP contribution in [0.5, 0.6) is 0 Å². The Morgan fingerprint density at radius 1 is 1.16 bits per heavy atom. The Kier molecular flexibility index (Phi) is 4.26. The summed E-state index contributed by atoms with van der Waals surface area (Å²) in [7, 11) is 0. The lowest BCUT2D eigenvalue weighted by Gasteiger charge is -2.33. The van der Waals surface area contributed by atoms with E-state index in [1.54, 1.807) is 12.1 Å². The van der Waals surface area contributed by atoms with E-state index in [-0.39, 0.29) is 5.97 Å². The average molecular weight is 354 g/mol. The van der Waals surface area contributed by atoms with Gasteiger partial charge in [0, 0.05) is 23.7 Å². The molecule has 3 nitrogen and oxygen atoms in total. The summed E-state index contributed by atoms with van der Waals surface area (Å²) in [6.07, 6.45) is 4.87. The normalized spacial score (nSPS) is 23.7. The highest BCUT2D eigenvalue weighted by atomic mass is 35.5. The van der Waals surface area contributed by atoms with Crippen molar-refractivity contribution in [3.05, 3.63) is 76.4 Å². The maximum absolute atomic E-state index is 12.5.